The minimum Gasteiger partial charge on any atom is -0.381 e. The number of hydrogen-bond donors (Lipinski definition) is 1. The normalized spacial score (nSPS) is 11.7. The molecule has 1 N–H and O–H groups in total. The highest BCUT2D eigenvalue weighted by Crippen LogP contribution is 2.33. The Morgan fingerprint density at radius 3 is 1.42 bits per heavy atom. The van der Waals surface area contributed by atoms with Crippen molar-refractivity contribution in [3.8, 4) is 0 Å². The van der Waals surface area contributed by atoms with Crippen LogP contribution in [0.5, 0.6) is 0 Å². The van der Waals surface area contributed by atoms with Crippen LogP contribution in [0.25, 0.3) is 0 Å². The lowest BCUT2D eigenvalue weighted by molar-refractivity contribution is 0.101. The van der Waals surface area contributed by atoms with E-state index in [0.717, 1.165) is 22.3 Å². The summed E-state index contributed by atoms with van der Waals surface area (Å²) >= 11 is 0. The summed E-state index contributed by atoms with van der Waals surface area (Å²) in [4.78, 5) is 0. The summed E-state index contributed by atoms with van der Waals surface area (Å²) in [6, 6.07) is 12.4. The summed E-state index contributed by atoms with van der Waals surface area (Å²) in [7, 11) is 0. The third-order valence-electron chi connectivity index (χ3n) is 3.81. The Labute approximate surface area is 115 Å². The third kappa shape index (κ3) is 2.57. The minimum absolute atomic E-state index is 0.949. The van der Waals surface area contributed by atoms with Gasteiger partial charge in [0.25, 0.3) is 0 Å². The van der Waals surface area contributed by atoms with E-state index in [1.807, 2.05) is 19.1 Å². The standard InChI is InChI=1S/C18H22O/c1-12-6-8-16(14(3)10-12)18(5,19)17-9-7-13(2)11-15(17)4/h6-11,19H,1-5H3. The second-order valence-electron chi connectivity index (χ2n) is 5.71. The van der Waals surface area contributed by atoms with Crippen LogP contribution in [0.2, 0.25) is 0 Å². The Kier molecular flexibility index (Phi) is 3.51. The third-order valence-corrected chi connectivity index (χ3v) is 3.81. The van der Waals surface area contributed by atoms with Crippen molar-refractivity contribution < 1.29 is 5.11 Å². The number of aliphatic hydroxyl groups is 1. The maximum absolute atomic E-state index is 11.0. The Balaban J connectivity index is 2.58. The average Bonchev–Trinajstić information content (AvgIpc) is 2.27. The molecule has 2 rings (SSSR count). The van der Waals surface area contributed by atoms with Crippen molar-refractivity contribution in [3.05, 3.63) is 69.8 Å². The second kappa shape index (κ2) is 4.82. The van der Waals surface area contributed by atoms with Gasteiger partial charge in [-0.3, -0.25) is 0 Å². The molecule has 0 aliphatic carbocycles. The van der Waals surface area contributed by atoms with Gasteiger partial charge in [-0.25, -0.2) is 0 Å². The van der Waals surface area contributed by atoms with Crippen molar-refractivity contribution >= 4 is 0 Å². The van der Waals surface area contributed by atoms with Crippen LogP contribution in [0.4, 0.5) is 0 Å². The molecular weight excluding hydrogens is 232 g/mol. The van der Waals surface area contributed by atoms with Crippen molar-refractivity contribution in [1.29, 1.82) is 0 Å². The van der Waals surface area contributed by atoms with E-state index in [0.29, 0.717) is 0 Å². The van der Waals surface area contributed by atoms with Crippen LogP contribution in [0.15, 0.2) is 36.4 Å². The molecule has 0 saturated heterocycles. The Bertz CT molecular complexity index is 556. The molecule has 0 unspecified atom stereocenters. The van der Waals surface area contributed by atoms with E-state index in [1.165, 1.54) is 11.1 Å². The summed E-state index contributed by atoms with van der Waals surface area (Å²) in [6.07, 6.45) is 0. The van der Waals surface area contributed by atoms with Crippen molar-refractivity contribution in [2.45, 2.75) is 40.2 Å². The van der Waals surface area contributed by atoms with Gasteiger partial charge in [0.05, 0.1) is 0 Å². The van der Waals surface area contributed by atoms with Gasteiger partial charge in [0.2, 0.25) is 0 Å². The van der Waals surface area contributed by atoms with Gasteiger partial charge in [-0.2, -0.15) is 0 Å². The molecular formula is C18H22O. The van der Waals surface area contributed by atoms with Gasteiger partial charge in [-0.05, 0) is 56.9 Å². The van der Waals surface area contributed by atoms with Crippen LogP contribution in [-0.4, -0.2) is 5.11 Å². The van der Waals surface area contributed by atoms with E-state index in [4.69, 9.17) is 0 Å². The summed E-state index contributed by atoms with van der Waals surface area (Å²) in [5.74, 6) is 0. The molecule has 0 aromatic heterocycles. The summed E-state index contributed by atoms with van der Waals surface area (Å²) in [5.41, 5.74) is 5.70. The molecule has 0 aliphatic rings. The maximum Gasteiger partial charge on any atom is 0.112 e. The molecule has 0 aliphatic heterocycles. The first kappa shape index (κ1) is 13.8. The lowest BCUT2D eigenvalue weighted by Crippen LogP contribution is -2.25. The molecule has 0 radical (unpaired) electrons. The van der Waals surface area contributed by atoms with Gasteiger partial charge in [-0.15, -0.1) is 0 Å². The number of hydrogen-bond acceptors (Lipinski definition) is 1. The summed E-state index contributed by atoms with van der Waals surface area (Å²) in [5, 5.41) is 11.0. The maximum atomic E-state index is 11.0. The van der Waals surface area contributed by atoms with E-state index < -0.39 is 5.60 Å². The first-order valence-corrected chi connectivity index (χ1v) is 6.70. The van der Waals surface area contributed by atoms with E-state index in [-0.39, 0.29) is 0 Å². The highest BCUT2D eigenvalue weighted by Gasteiger charge is 2.28. The summed E-state index contributed by atoms with van der Waals surface area (Å²) < 4.78 is 0. The van der Waals surface area contributed by atoms with Crippen LogP contribution in [0.3, 0.4) is 0 Å². The molecule has 0 heterocycles. The minimum atomic E-state index is -0.949. The van der Waals surface area contributed by atoms with Crippen LogP contribution in [-0.2, 0) is 5.60 Å². The van der Waals surface area contributed by atoms with Crippen LogP contribution in [0.1, 0.15) is 40.3 Å². The Morgan fingerprint density at radius 1 is 0.737 bits per heavy atom. The zero-order valence-corrected chi connectivity index (χ0v) is 12.4. The van der Waals surface area contributed by atoms with Gasteiger partial charge in [0.15, 0.2) is 0 Å². The molecule has 100 valence electrons. The van der Waals surface area contributed by atoms with Crippen LogP contribution >= 0.6 is 0 Å². The first-order chi connectivity index (χ1) is 8.82. The topological polar surface area (TPSA) is 20.2 Å². The van der Waals surface area contributed by atoms with Gasteiger partial charge < -0.3 is 5.11 Å². The highest BCUT2D eigenvalue weighted by atomic mass is 16.3. The van der Waals surface area contributed by atoms with Crippen molar-refractivity contribution in [2.24, 2.45) is 0 Å². The smallest absolute Gasteiger partial charge is 0.112 e. The van der Waals surface area contributed by atoms with Crippen LogP contribution in [0, 0.1) is 27.7 Å². The van der Waals surface area contributed by atoms with Gasteiger partial charge in [0, 0.05) is 0 Å². The van der Waals surface area contributed by atoms with Gasteiger partial charge in [-0.1, -0.05) is 47.5 Å². The monoisotopic (exact) mass is 254 g/mol. The zero-order chi connectivity index (χ0) is 14.2. The predicted octanol–water partition coefficient (Wildman–Crippen LogP) is 4.18. The molecule has 2 aromatic carbocycles. The van der Waals surface area contributed by atoms with E-state index in [9.17, 15) is 5.11 Å². The fraction of sp³-hybridized carbons (Fsp3) is 0.333. The number of aryl methyl sites for hydroxylation is 4. The lowest BCUT2D eigenvalue weighted by atomic mass is 9.82. The fourth-order valence-corrected chi connectivity index (χ4v) is 2.86. The molecule has 0 saturated carbocycles. The largest absolute Gasteiger partial charge is 0.381 e. The van der Waals surface area contributed by atoms with E-state index in [1.54, 1.807) is 0 Å². The molecule has 0 amide bonds. The van der Waals surface area contributed by atoms with Crippen LogP contribution < -0.4 is 0 Å². The Hall–Kier alpha value is -1.60. The fourth-order valence-electron chi connectivity index (χ4n) is 2.86. The zero-order valence-electron chi connectivity index (χ0n) is 12.4. The molecule has 0 atom stereocenters. The number of rotatable bonds is 2. The van der Waals surface area contributed by atoms with Gasteiger partial charge >= 0.3 is 0 Å². The second-order valence-corrected chi connectivity index (χ2v) is 5.71. The molecule has 1 heteroatoms. The van der Waals surface area contributed by atoms with E-state index >= 15 is 0 Å². The first-order valence-electron chi connectivity index (χ1n) is 6.70. The van der Waals surface area contributed by atoms with Crippen molar-refractivity contribution in [3.63, 3.8) is 0 Å². The molecule has 1 nitrogen and oxygen atoms in total. The average molecular weight is 254 g/mol. The number of benzene rings is 2. The molecule has 0 fully saturated rings. The van der Waals surface area contributed by atoms with E-state index in [2.05, 4.69) is 52.0 Å². The van der Waals surface area contributed by atoms with Crippen molar-refractivity contribution in [2.75, 3.05) is 0 Å². The predicted molar refractivity (Wildman–Crippen MR) is 80.5 cm³/mol. The van der Waals surface area contributed by atoms with Gasteiger partial charge in [0.1, 0.15) is 5.60 Å². The Morgan fingerprint density at radius 2 is 1.11 bits per heavy atom. The highest BCUT2D eigenvalue weighted by molar-refractivity contribution is 5.45. The molecule has 0 bridgehead atoms. The van der Waals surface area contributed by atoms with Crippen molar-refractivity contribution in [1.82, 2.24) is 0 Å². The molecule has 2 aromatic rings. The quantitative estimate of drug-likeness (QED) is 0.852. The molecule has 0 spiro atoms. The summed E-state index contributed by atoms with van der Waals surface area (Å²) in [6.45, 7) is 10.1. The SMILES string of the molecule is Cc1ccc(C(C)(O)c2ccc(C)cc2C)c(C)c1. The lowest BCUT2D eigenvalue weighted by Gasteiger charge is -2.28. The molecule has 19 heavy (non-hydrogen) atoms.